The van der Waals surface area contributed by atoms with E-state index >= 15 is 0 Å². The van der Waals surface area contributed by atoms with Gasteiger partial charge in [-0.1, -0.05) is 11.3 Å². The molecule has 0 bridgehead atoms. The molecule has 140 valence electrons. The van der Waals surface area contributed by atoms with E-state index in [1.165, 1.54) is 16.0 Å². The molecule has 0 saturated heterocycles. The van der Waals surface area contributed by atoms with Crippen LogP contribution in [-0.2, 0) is 23.1 Å². The molecule has 0 radical (unpaired) electrons. The molecule has 0 aliphatic carbocycles. The second kappa shape index (κ2) is 6.88. The summed E-state index contributed by atoms with van der Waals surface area (Å²) in [5, 5.41) is 4.07. The average molecular weight is 388 g/mol. The molecule has 0 spiro atoms. The maximum atomic E-state index is 12.5. The van der Waals surface area contributed by atoms with Crippen LogP contribution >= 0.6 is 11.3 Å². The molecule has 0 saturated carbocycles. The summed E-state index contributed by atoms with van der Waals surface area (Å²) in [4.78, 5) is 29.1. The summed E-state index contributed by atoms with van der Waals surface area (Å²) >= 11 is 1.28. The molecule has 0 N–H and O–H groups in total. The molecule has 9 nitrogen and oxygen atoms in total. The van der Waals surface area contributed by atoms with E-state index in [2.05, 4.69) is 10.1 Å². The van der Waals surface area contributed by atoms with Crippen LogP contribution in [0.1, 0.15) is 17.4 Å². The third-order valence-corrected chi connectivity index (χ3v) is 4.94. The smallest absolute Gasteiger partial charge is 0.326 e. The lowest BCUT2D eigenvalue weighted by Crippen LogP contribution is -2.23. The molecule has 1 aliphatic rings. The van der Waals surface area contributed by atoms with Gasteiger partial charge in [0.2, 0.25) is 6.79 Å². The van der Waals surface area contributed by atoms with Crippen LogP contribution in [0.3, 0.4) is 0 Å². The highest BCUT2D eigenvalue weighted by atomic mass is 32.1. The Morgan fingerprint density at radius 1 is 1.33 bits per heavy atom. The van der Waals surface area contributed by atoms with Crippen molar-refractivity contribution in [3.8, 4) is 11.5 Å². The Morgan fingerprint density at radius 3 is 2.81 bits per heavy atom. The predicted molar refractivity (Wildman–Crippen MR) is 95.7 cm³/mol. The van der Waals surface area contributed by atoms with Crippen LogP contribution < -0.4 is 14.3 Å². The minimum absolute atomic E-state index is 0.0676. The van der Waals surface area contributed by atoms with Crippen molar-refractivity contribution in [2.75, 3.05) is 13.4 Å². The number of esters is 1. The molecule has 1 aliphatic heterocycles. The normalized spacial score (nSPS) is 13.3. The zero-order valence-electron chi connectivity index (χ0n) is 14.7. The number of fused-ring (bicyclic) bond motifs is 2. The van der Waals surface area contributed by atoms with Gasteiger partial charge < -0.3 is 18.8 Å². The van der Waals surface area contributed by atoms with Gasteiger partial charge in [0, 0.05) is 25.4 Å². The highest BCUT2D eigenvalue weighted by Crippen LogP contribution is 2.37. The number of aromatic nitrogens is 3. The van der Waals surface area contributed by atoms with Crippen LogP contribution in [0.4, 0.5) is 0 Å². The number of carbonyl (C=O) groups excluding carboxylic acids is 2. The lowest BCUT2D eigenvalue weighted by molar-refractivity contribution is -0.143. The monoisotopic (exact) mass is 388 g/mol. The molecule has 3 aromatic rings. The molecule has 3 heterocycles. The second-order valence-electron chi connectivity index (χ2n) is 5.74. The third kappa shape index (κ3) is 3.31. The van der Waals surface area contributed by atoms with Gasteiger partial charge in [-0.2, -0.15) is 10.1 Å². The van der Waals surface area contributed by atoms with Crippen molar-refractivity contribution in [1.29, 1.82) is 0 Å². The van der Waals surface area contributed by atoms with E-state index in [-0.39, 0.29) is 25.6 Å². The van der Waals surface area contributed by atoms with Gasteiger partial charge in [0.15, 0.2) is 22.0 Å². The minimum atomic E-state index is -0.486. The van der Waals surface area contributed by atoms with Gasteiger partial charge in [-0.3, -0.25) is 14.3 Å². The highest BCUT2D eigenvalue weighted by Gasteiger charge is 2.19. The molecule has 10 heteroatoms. The Kier molecular flexibility index (Phi) is 4.40. The first kappa shape index (κ1) is 17.3. The Hall–Kier alpha value is -3.14. The Bertz CT molecular complexity index is 1110. The van der Waals surface area contributed by atoms with Crippen molar-refractivity contribution in [1.82, 2.24) is 14.3 Å². The molecule has 2 aromatic heterocycles. The van der Waals surface area contributed by atoms with Crippen LogP contribution in [0.25, 0.3) is 10.2 Å². The highest BCUT2D eigenvalue weighted by molar-refractivity contribution is 7.16. The van der Waals surface area contributed by atoms with E-state index in [4.69, 9.17) is 14.2 Å². The summed E-state index contributed by atoms with van der Waals surface area (Å²) in [6, 6.07) is 5.18. The van der Waals surface area contributed by atoms with Crippen LogP contribution in [0.2, 0.25) is 0 Å². The maximum absolute atomic E-state index is 12.5. The molecule has 0 atom stereocenters. The van der Waals surface area contributed by atoms with E-state index in [9.17, 15) is 9.59 Å². The summed E-state index contributed by atoms with van der Waals surface area (Å²) in [5.74, 6) is 0.302. The van der Waals surface area contributed by atoms with Crippen molar-refractivity contribution < 1.29 is 23.8 Å². The predicted octanol–water partition coefficient (Wildman–Crippen LogP) is 1.47. The Balaban J connectivity index is 1.84. The summed E-state index contributed by atoms with van der Waals surface area (Å²) < 4.78 is 19.9. The van der Waals surface area contributed by atoms with E-state index in [0.29, 0.717) is 21.8 Å². The molecule has 27 heavy (non-hydrogen) atoms. The van der Waals surface area contributed by atoms with Crippen LogP contribution in [-0.4, -0.2) is 39.6 Å². The molecule has 1 aromatic carbocycles. The first-order chi connectivity index (χ1) is 13.0. The standard InChI is InChI=1S/C17H16N4O5S/c1-3-24-15(22)8-21-11-6-12-13(26-9-25-12)7-14(11)27-17(21)18-16(23)10-4-5-20(2)19-10/h4-7H,3,8-9H2,1-2H3. The number of benzene rings is 1. The number of rotatable bonds is 4. The van der Waals surface area contributed by atoms with Gasteiger partial charge in [0.05, 0.1) is 16.8 Å². The fourth-order valence-electron chi connectivity index (χ4n) is 2.71. The van der Waals surface area contributed by atoms with Crippen molar-refractivity contribution in [3.05, 3.63) is 34.9 Å². The zero-order chi connectivity index (χ0) is 19.0. The zero-order valence-corrected chi connectivity index (χ0v) is 15.5. The number of hydrogen-bond acceptors (Lipinski definition) is 7. The lowest BCUT2D eigenvalue weighted by Gasteiger charge is -2.05. The van der Waals surface area contributed by atoms with Gasteiger partial charge in [0.25, 0.3) is 5.91 Å². The number of aryl methyl sites for hydroxylation is 1. The summed E-state index contributed by atoms with van der Waals surface area (Å²) in [7, 11) is 1.72. The molecule has 0 unspecified atom stereocenters. The summed E-state index contributed by atoms with van der Waals surface area (Å²) in [6.45, 7) is 2.09. The topological polar surface area (TPSA) is 96.9 Å². The van der Waals surface area contributed by atoms with E-state index in [1.807, 2.05) is 6.07 Å². The quantitative estimate of drug-likeness (QED) is 0.628. The summed E-state index contributed by atoms with van der Waals surface area (Å²) in [6.07, 6.45) is 1.67. The van der Waals surface area contributed by atoms with Gasteiger partial charge in [-0.25, -0.2) is 0 Å². The van der Waals surface area contributed by atoms with Crippen LogP contribution in [0, 0.1) is 0 Å². The van der Waals surface area contributed by atoms with E-state index < -0.39 is 11.9 Å². The second-order valence-corrected chi connectivity index (χ2v) is 6.75. The number of nitrogens with zero attached hydrogens (tertiary/aromatic N) is 4. The van der Waals surface area contributed by atoms with Crippen molar-refractivity contribution in [3.63, 3.8) is 0 Å². The summed E-state index contributed by atoms with van der Waals surface area (Å²) in [5.41, 5.74) is 0.941. The first-order valence-corrected chi connectivity index (χ1v) is 9.04. The van der Waals surface area contributed by atoms with Crippen LogP contribution in [0.15, 0.2) is 29.4 Å². The van der Waals surface area contributed by atoms with Gasteiger partial charge in [-0.15, -0.1) is 0 Å². The largest absolute Gasteiger partial charge is 0.465 e. The molecular weight excluding hydrogens is 372 g/mol. The van der Waals surface area contributed by atoms with E-state index in [0.717, 1.165) is 4.70 Å². The first-order valence-electron chi connectivity index (χ1n) is 8.22. The Labute approximate surface area is 157 Å². The SMILES string of the molecule is CCOC(=O)Cn1c(=NC(=O)c2ccn(C)n2)sc2cc3c(cc21)OCO3. The lowest BCUT2D eigenvalue weighted by atomic mass is 10.3. The van der Waals surface area contributed by atoms with Crippen LogP contribution in [0.5, 0.6) is 11.5 Å². The van der Waals surface area contributed by atoms with Crippen molar-refractivity contribution >= 4 is 33.4 Å². The van der Waals surface area contributed by atoms with Gasteiger partial charge in [0.1, 0.15) is 6.54 Å². The maximum Gasteiger partial charge on any atom is 0.326 e. The fraction of sp³-hybridized carbons (Fsp3) is 0.294. The fourth-order valence-corrected chi connectivity index (χ4v) is 3.74. The molecule has 1 amide bonds. The molecule has 4 rings (SSSR count). The van der Waals surface area contributed by atoms with Crippen molar-refractivity contribution in [2.24, 2.45) is 12.0 Å². The van der Waals surface area contributed by atoms with Crippen molar-refractivity contribution in [2.45, 2.75) is 13.5 Å². The minimum Gasteiger partial charge on any atom is -0.465 e. The number of ether oxygens (including phenoxy) is 3. The van der Waals surface area contributed by atoms with Gasteiger partial charge in [-0.05, 0) is 13.0 Å². The average Bonchev–Trinajstić information content (AvgIpc) is 3.33. The number of hydrogen-bond donors (Lipinski definition) is 0. The Morgan fingerprint density at radius 2 is 2.11 bits per heavy atom. The number of amides is 1. The third-order valence-electron chi connectivity index (χ3n) is 3.90. The van der Waals surface area contributed by atoms with Gasteiger partial charge >= 0.3 is 5.97 Å². The number of thiazole rings is 1. The van der Waals surface area contributed by atoms with E-state index in [1.54, 1.807) is 36.9 Å². The molecule has 0 fully saturated rings. The molecular formula is C17H16N4O5S. The number of carbonyl (C=O) groups is 2.